The van der Waals surface area contributed by atoms with Crippen molar-refractivity contribution in [1.29, 1.82) is 0 Å². The molecule has 1 atom stereocenters. The minimum Gasteiger partial charge on any atom is -0.327 e. The van der Waals surface area contributed by atoms with Gasteiger partial charge in [-0.15, -0.1) is 0 Å². The van der Waals surface area contributed by atoms with E-state index in [0.29, 0.717) is 0 Å². The Bertz CT molecular complexity index is 528. The Morgan fingerprint density at radius 2 is 2.00 bits per heavy atom. The molecule has 19 heavy (non-hydrogen) atoms. The molecule has 0 radical (unpaired) electrons. The summed E-state index contributed by atoms with van der Waals surface area (Å²) in [5, 5.41) is 1.05. The molecule has 0 aliphatic rings. The summed E-state index contributed by atoms with van der Waals surface area (Å²) in [4.78, 5) is 5.67. The van der Waals surface area contributed by atoms with Gasteiger partial charge in [0.1, 0.15) is 5.03 Å². The predicted molar refractivity (Wildman–Crippen MR) is 84.5 cm³/mol. The van der Waals surface area contributed by atoms with E-state index in [1.807, 2.05) is 24.4 Å². The molecule has 2 nitrogen and oxygen atoms in total. The molecule has 2 N–H and O–H groups in total. The van der Waals surface area contributed by atoms with Gasteiger partial charge in [-0.3, -0.25) is 0 Å². The molecule has 1 heterocycles. The molecule has 0 saturated heterocycles. The fraction of sp³-hybridized carbons (Fsp3) is 0.267. The van der Waals surface area contributed by atoms with E-state index < -0.39 is 0 Å². The maximum absolute atomic E-state index is 6.04. The molecule has 2 aromatic rings. The zero-order valence-corrected chi connectivity index (χ0v) is 13.2. The van der Waals surface area contributed by atoms with E-state index in [9.17, 15) is 0 Å². The maximum Gasteiger partial charge on any atom is 0.104 e. The highest BCUT2D eigenvalue weighted by Crippen LogP contribution is 2.30. The monoisotopic (exact) mass is 336 g/mol. The van der Waals surface area contributed by atoms with Crippen molar-refractivity contribution in [3.63, 3.8) is 0 Å². The average Bonchev–Trinajstić information content (AvgIpc) is 2.43. The van der Waals surface area contributed by atoms with Crippen molar-refractivity contribution in [3.8, 4) is 0 Å². The van der Waals surface area contributed by atoms with Gasteiger partial charge < -0.3 is 5.73 Å². The molecule has 1 aromatic carbocycles. The molecular weight excluding hydrogens is 320 g/mol. The third kappa shape index (κ3) is 4.34. The Labute approximate surface area is 126 Å². The number of hydrogen-bond acceptors (Lipinski definition) is 3. The number of nitrogens with two attached hydrogens (primary N) is 1. The fourth-order valence-electron chi connectivity index (χ4n) is 1.71. The van der Waals surface area contributed by atoms with Gasteiger partial charge in [0.15, 0.2) is 0 Å². The van der Waals surface area contributed by atoms with E-state index in [2.05, 4.69) is 46.0 Å². The topological polar surface area (TPSA) is 38.9 Å². The Morgan fingerprint density at radius 1 is 1.26 bits per heavy atom. The summed E-state index contributed by atoms with van der Waals surface area (Å²) in [6.07, 6.45) is 3.70. The summed E-state index contributed by atoms with van der Waals surface area (Å²) in [5.41, 5.74) is 7.27. The summed E-state index contributed by atoms with van der Waals surface area (Å²) >= 11 is 5.13. The SMILES string of the molecule is CCC(N)Cc1cccnc1Sc1ccc(Br)cc1. The molecule has 0 aliphatic carbocycles. The van der Waals surface area contributed by atoms with Crippen LogP contribution in [0.4, 0.5) is 0 Å². The number of benzene rings is 1. The zero-order chi connectivity index (χ0) is 13.7. The smallest absolute Gasteiger partial charge is 0.104 e. The summed E-state index contributed by atoms with van der Waals surface area (Å²) in [7, 11) is 0. The van der Waals surface area contributed by atoms with E-state index in [0.717, 1.165) is 22.3 Å². The quantitative estimate of drug-likeness (QED) is 0.885. The van der Waals surface area contributed by atoms with Gasteiger partial charge >= 0.3 is 0 Å². The van der Waals surface area contributed by atoms with Crippen molar-refractivity contribution in [1.82, 2.24) is 4.98 Å². The molecule has 1 aromatic heterocycles. The molecule has 1 unspecified atom stereocenters. The minimum atomic E-state index is 0.202. The first-order valence-electron chi connectivity index (χ1n) is 6.32. The molecule has 100 valence electrons. The maximum atomic E-state index is 6.04. The van der Waals surface area contributed by atoms with E-state index in [4.69, 9.17) is 5.73 Å². The van der Waals surface area contributed by atoms with Crippen molar-refractivity contribution in [3.05, 3.63) is 52.6 Å². The lowest BCUT2D eigenvalue weighted by Crippen LogP contribution is -2.21. The van der Waals surface area contributed by atoms with Gasteiger partial charge in [-0.05, 0) is 48.7 Å². The number of pyridine rings is 1. The summed E-state index contributed by atoms with van der Waals surface area (Å²) in [6, 6.07) is 12.6. The van der Waals surface area contributed by atoms with Crippen LogP contribution in [-0.2, 0) is 6.42 Å². The molecule has 0 fully saturated rings. The van der Waals surface area contributed by atoms with Gasteiger partial charge in [-0.25, -0.2) is 4.98 Å². The van der Waals surface area contributed by atoms with Crippen LogP contribution in [0.1, 0.15) is 18.9 Å². The largest absolute Gasteiger partial charge is 0.327 e. The molecule has 0 amide bonds. The number of halogens is 1. The van der Waals surface area contributed by atoms with E-state index in [1.54, 1.807) is 11.8 Å². The first-order valence-corrected chi connectivity index (χ1v) is 7.93. The second-order valence-corrected chi connectivity index (χ2v) is 6.37. The van der Waals surface area contributed by atoms with Crippen LogP contribution < -0.4 is 5.73 Å². The normalized spacial score (nSPS) is 12.4. The van der Waals surface area contributed by atoms with Crippen LogP contribution in [0, 0.1) is 0 Å². The average molecular weight is 337 g/mol. The first kappa shape index (κ1) is 14.6. The molecule has 2 rings (SSSR count). The van der Waals surface area contributed by atoms with Crippen molar-refractivity contribution in [2.24, 2.45) is 5.73 Å². The second-order valence-electron chi connectivity index (χ2n) is 4.40. The van der Waals surface area contributed by atoms with Crippen LogP contribution in [0.3, 0.4) is 0 Å². The van der Waals surface area contributed by atoms with Gasteiger partial charge in [-0.2, -0.15) is 0 Å². The third-order valence-electron chi connectivity index (χ3n) is 2.88. The molecule has 0 spiro atoms. The Morgan fingerprint density at radius 3 is 2.68 bits per heavy atom. The van der Waals surface area contributed by atoms with Gasteiger partial charge in [0.25, 0.3) is 0 Å². The van der Waals surface area contributed by atoms with Gasteiger partial charge in [0, 0.05) is 21.6 Å². The van der Waals surface area contributed by atoms with Gasteiger partial charge in [0.05, 0.1) is 0 Å². The number of aromatic nitrogens is 1. The summed E-state index contributed by atoms with van der Waals surface area (Å²) < 4.78 is 1.09. The number of hydrogen-bond donors (Lipinski definition) is 1. The second kappa shape index (κ2) is 7.08. The van der Waals surface area contributed by atoms with Crippen molar-refractivity contribution < 1.29 is 0 Å². The fourth-order valence-corrected chi connectivity index (χ4v) is 2.87. The van der Waals surface area contributed by atoms with E-state index in [1.165, 1.54) is 10.5 Å². The van der Waals surface area contributed by atoms with Crippen LogP contribution >= 0.6 is 27.7 Å². The first-order chi connectivity index (χ1) is 9.19. The van der Waals surface area contributed by atoms with Crippen LogP contribution in [-0.4, -0.2) is 11.0 Å². The Kier molecular flexibility index (Phi) is 5.43. The highest BCUT2D eigenvalue weighted by atomic mass is 79.9. The molecule has 4 heteroatoms. The predicted octanol–water partition coefficient (Wildman–Crippen LogP) is 4.28. The van der Waals surface area contributed by atoms with Crippen molar-refractivity contribution in [2.75, 3.05) is 0 Å². The number of rotatable bonds is 5. The van der Waals surface area contributed by atoms with Crippen LogP contribution in [0.5, 0.6) is 0 Å². The van der Waals surface area contributed by atoms with Crippen LogP contribution in [0.15, 0.2) is 57.0 Å². The van der Waals surface area contributed by atoms with Gasteiger partial charge in [0.2, 0.25) is 0 Å². The number of nitrogens with zero attached hydrogens (tertiary/aromatic N) is 1. The highest BCUT2D eigenvalue weighted by Gasteiger charge is 2.09. The molecule has 0 bridgehead atoms. The minimum absolute atomic E-state index is 0.202. The lowest BCUT2D eigenvalue weighted by molar-refractivity contribution is 0.637. The van der Waals surface area contributed by atoms with Crippen LogP contribution in [0.2, 0.25) is 0 Å². The van der Waals surface area contributed by atoms with Crippen LogP contribution in [0.25, 0.3) is 0 Å². The lowest BCUT2D eigenvalue weighted by Gasteiger charge is -2.12. The third-order valence-corrected chi connectivity index (χ3v) is 4.48. The Balaban J connectivity index is 2.17. The van der Waals surface area contributed by atoms with E-state index >= 15 is 0 Å². The Hall–Kier alpha value is -0.840. The van der Waals surface area contributed by atoms with Gasteiger partial charge in [-0.1, -0.05) is 40.7 Å². The van der Waals surface area contributed by atoms with Crippen molar-refractivity contribution in [2.45, 2.75) is 35.7 Å². The molecule has 0 saturated carbocycles. The molecular formula is C15H17BrN2S. The standard InChI is InChI=1S/C15H17BrN2S/c1-2-13(17)10-11-4-3-9-18-15(11)19-14-7-5-12(16)6-8-14/h3-9,13H,2,10,17H2,1H3. The summed E-state index contributed by atoms with van der Waals surface area (Å²) in [6.45, 7) is 2.11. The van der Waals surface area contributed by atoms with Crippen molar-refractivity contribution >= 4 is 27.7 Å². The molecule has 0 aliphatic heterocycles. The highest BCUT2D eigenvalue weighted by molar-refractivity contribution is 9.10. The lowest BCUT2D eigenvalue weighted by atomic mass is 10.1. The summed E-state index contributed by atoms with van der Waals surface area (Å²) in [5.74, 6) is 0. The van der Waals surface area contributed by atoms with E-state index in [-0.39, 0.29) is 6.04 Å². The zero-order valence-electron chi connectivity index (χ0n) is 10.8.